The first-order chi connectivity index (χ1) is 21.0. The van der Waals surface area contributed by atoms with Crippen LogP contribution >= 0.6 is 0 Å². The topological polar surface area (TPSA) is 88.1 Å². The molecular weight excluding hydrogens is 544 g/mol. The van der Waals surface area contributed by atoms with Crippen LogP contribution in [0.4, 0.5) is 5.69 Å². The molecule has 0 fully saturated rings. The third-order valence-electron chi connectivity index (χ3n) is 7.79. The molecule has 2 heterocycles. The lowest BCUT2D eigenvalue weighted by atomic mass is 9.85. The molecule has 0 spiro atoms. The summed E-state index contributed by atoms with van der Waals surface area (Å²) >= 11 is 0. The summed E-state index contributed by atoms with van der Waals surface area (Å²) in [5.41, 5.74) is 4.22. The van der Waals surface area contributed by atoms with Gasteiger partial charge in [0, 0.05) is 53.2 Å². The Morgan fingerprint density at radius 2 is 1.35 bits per heavy atom. The van der Waals surface area contributed by atoms with Gasteiger partial charge in [-0.15, -0.1) is 0 Å². The number of ether oxygens (including phenoxy) is 5. The summed E-state index contributed by atoms with van der Waals surface area (Å²) in [4.78, 5) is 18.5. The first-order valence-corrected chi connectivity index (χ1v) is 13.9. The number of hydrogen-bond donors (Lipinski definition) is 1. The van der Waals surface area contributed by atoms with Crippen molar-refractivity contribution in [3.8, 4) is 34.5 Å². The molecular formula is C35H32N2O6. The van der Waals surface area contributed by atoms with Gasteiger partial charge in [-0.05, 0) is 47.3 Å². The molecule has 218 valence electrons. The summed E-state index contributed by atoms with van der Waals surface area (Å²) in [6.45, 7) is 0. The van der Waals surface area contributed by atoms with Crippen LogP contribution in [0.1, 0.15) is 34.7 Å². The molecule has 5 aromatic rings. The highest BCUT2D eigenvalue weighted by molar-refractivity contribution is 5.94. The lowest BCUT2D eigenvalue weighted by Gasteiger charge is -2.28. The van der Waals surface area contributed by atoms with Gasteiger partial charge >= 0.3 is 0 Å². The van der Waals surface area contributed by atoms with Gasteiger partial charge in [0.1, 0.15) is 11.5 Å². The number of pyridine rings is 1. The average molecular weight is 577 g/mol. The maximum absolute atomic E-state index is 13.8. The van der Waals surface area contributed by atoms with Crippen molar-refractivity contribution in [3.05, 3.63) is 107 Å². The third-order valence-corrected chi connectivity index (χ3v) is 7.79. The summed E-state index contributed by atoms with van der Waals surface area (Å²) in [5.74, 6) is 3.56. The summed E-state index contributed by atoms with van der Waals surface area (Å²) in [5, 5.41) is 5.05. The highest BCUT2D eigenvalue weighted by Gasteiger charge is 2.29. The summed E-state index contributed by atoms with van der Waals surface area (Å²) < 4.78 is 28.4. The number of carbonyl (C=O) groups excluding carboxylic acids is 1. The monoisotopic (exact) mass is 576 g/mol. The SMILES string of the molecule is COc1cc(Cc2nccc3cc(OC)c(OC)cc23)c(NC(=O)CC2c3ccccc3Oc3ccccc32)cc1OC. The van der Waals surface area contributed by atoms with Crippen LogP contribution in [0.25, 0.3) is 10.8 Å². The van der Waals surface area contributed by atoms with Crippen LogP contribution in [0.15, 0.2) is 85.1 Å². The fraction of sp³-hybridized carbons (Fsp3) is 0.200. The second-order valence-electron chi connectivity index (χ2n) is 10.2. The van der Waals surface area contributed by atoms with Crippen molar-refractivity contribution < 1.29 is 28.5 Å². The molecule has 0 saturated heterocycles. The summed E-state index contributed by atoms with van der Waals surface area (Å²) in [7, 11) is 6.39. The van der Waals surface area contributed by atoms with Crippen LogP contribution in [-0.2, 0) is 11.2 Å². The third kappa shape index (κ3) is 5.39. The molecule has 0 radical (unpaired) electrons. The van der Waals surface area contributed by atoms with Gasteiger partial charge in [-0.2, -0.15) is 0 Å². The minimum absolute atomic E-state index is 0.137. The predicted molar refractivity (Wildman–Crippen MR) is 165 cm³/mol. The lowest BCUT2D eigenvalue weighted by molar-refractivity contribution is -0.116. The zero-order valence-electron chi connectivity index (χ0n) is 24.5. The van der Waals surface area contributed by atoms with Gasteiger partial charge in [-0.25, -0.2) is 0 Å². The fourth-order valence-electron chi connectivity index (χ4n) is 5.68. The van der Waals surface area contributed by atoms with E-state index in [1.165, 1.54) is 0 Å². The largest absolute Gasteiger partial charge is 0.493 e. The lowest BCUT2D eigenvalue weighted by Crippen LogP contribution is -2.20. The van der Waals surface area contributed by atoms with E-state index in [9.17, 15) is 4.79 Å². The molecule has 1 amide bonds. The highest BCUT2D eigenvalue weighted by Crippen LogP contribution is 2.46. The van der Waals surface area contributed by atoms with Crippen molar-refractivity contribution >= 4 is 22.4 Å². The van der Waals surface area contributed by atoms with Crippen LogP contribution < -0.4 is 29.0 Å². The Kier molecular flexibility index (Phi) is 7.75. The van der Waals surface area contributed by atoms with Crippen LogP contribution in [-0.4, -0.2) is 39.3 Å². The Bertz CT molecular complexity index is 1770. The van der Waals surface area contributed by atoms with Gasteiger partial charge in [0.25, 0.3) is 0 Å². The molecule has 0 unspecified atom stereocenters. The number of rotatable bonds is 9. The number of nitrogens with zero attached hydrogens (tertiary/aromatic N) is 1. The number of methoxy groups -OCH3 is 4. The van der Waals surface area contributed by atoms with Gasteiger partial charge in [-0.3, -0.25) is 9.78 Å². The van der Waals surface area contributed by atoms with Crippen molar-refractivity contribution in [1.82, 2.24) is 4.98 Å². The van der Waals surface area contributed by atoms with Crippen LogP contribution in [0.3, 0.4) is 0 Å². The number of nitrogens with one attached hydrogen (secondary N) is 1. The molecule has 4 aromatic carbocycles. The quantitative estimate of drug-likeness (QED) is 0.200. The normalized spacial score (nSPS) is 12.1. The molecule has 0 atom stereocenters. The van der Waals surface area contributed by atoms with Crippen molar-refractivity contribution in [2.45, 2.75) is 18.8 Å². The molecule has 0 bridgehead atoms. The van der Waals surface area contributed by atoms with Crippen molar-refractivity contribution in [2.24, 2.45) is 0 Å². The minimum Gasteiger partial charge on any atom is -0.493 e. The number of amides is 1. The van der Waals surface area contributed by atoms with Gasteiger partial charge < -0.3 is 29.0 Å². The Labute approximate surface area is 250 Å². The van der Waals surface area contributed by atoms with Gasteiger partial charge in [0.15, 0.2) is 23.0 Å². The van der Waals surface area contributed by atoms with E-state index in [0.717, 1.165) is 44.7 Å². The number of carbonyl (C=O) groups is 1. The van der Waals surface area contributed by atoms with E-state index in [1.54, 1.807) is 40.7 Å². The average Bonchev–Trinajstić information content (AvgIpc) is 3.04. The maximum atomic E-state index is 13.8. The molecule has 6 rings (SSSR count). The molecule has 8 nitrogen and oxygen atoms in total. The minimum atomic E-state index is -0.160. The van der Waals surface area contributed by atoms with Gasteiger partial charge in [0.2, 0.25) is 5.91 Å². The summed E-state index contributed by atoms with van der Waals surface area (Å²) in [6.07, 6.45) is 2.42. The second kappa shape index (κ2) is 11.9. The smallest absolute Gasteiger partial charge is 0.225 e. The Hall–Kier alpha value is -5.24. The van der Waals surface area contributed by atoms with E-state index in [-0.39, 0.29) is 18.2 Å². The number of benzene rings is 4. The number of aromatic nitrogens is 1. The van der Waals surface area contributed by atoms with Crippen LogP contribution in [0.2, 0.25) is 0 Å². The van der Waals surface area contributed by atoms with Gasteiger partial charge in [-0.1, -0.05) is 36.4 Å². The van der Waals surface area contributed by atoms with Crippen LogP contribution in [0, 0.1) is 0 Å². The van der Waals surface area contributed by atoms with Crippen molar-refractivity contribution in [1.29, 1.82) is 0 Å². The Balaban J connectivity index is 1.36. The van der Waals surface area contributed by atoms with E-state index >= 15 is 0 Å². The zero-order chi connectivity index (χ0) is 29.9. The molecule has 43 heavy (non-hydrogen) atoms. The molecule has 8 heteroatoms. The summed E-state index contributed by atoms with van der Waals surface area (Å²) in [6, 6.07) is 25.2. The molecule has 1 N–H and O–H groups in total. The Morgan fingerprint density at radius 1 is 0.767 bits per heavy atom. The molecule has 1 aliphatic rings. The fourth-order valence-corrected chi connectivity index (χ4v) is 5.68. The first kappa shape index (κ1) is 27.9. The first-order valence-electron chi connectivity index (χ1n) is 13.9. The van der Waals surface area contributed by atoms with Gasteiger partial charge in [0.05, 0.1) is 34.1 Å². The number of fused-ring (bicyclic) bond motifs is 3. The van der Waals surface area contributed by atoms with E-state index in [4.69, 9.17) is 28.7 Å². The van der Waals surface area contributed by atoms with E-state index < -0.39 is 0 Å². The maximum Gasteiger partial charge on any atom is 0.225 e. The van der Waals surface area contributed by atoms with E-state index in [2.05, 4.69) is 5.32 Å². The zero-order valence-corrected chi connectivity index (χ0v) is 24.5. The molecule has 0 saturated carbocycles. The standard InChI is InChI=1S/C35H32N2O6/c1-39-31-16-21-13-14-36-28(25(21)18-33(31)41-3)15-22-17-32(40-2)34(42-4)20-27(22)37-35(38)19-26-23-9-5-7-11-29(23)43-30-12-8-6-10-24(26)30/h5-14,16-18,20,26H,15,19H2,1-4H3,(H,37,38). The van der Waals surface area contributed by atoms with Crippen LogP contribution in [0.5, 0.6) is 34.5 Å². The molecule has 0 aliphatic carbocycles. The molecule has 1 aliphatic heterocycles. The number of para-hydroxylation sites is 2. The van der Waals surface area contributed by atoms with E-state index in [0.29, 0.717) is 35.1 Å². The Morgan fingerprint density at radius 3 is 2.00 bits per heavy atom. The molecule has 1 aromatic heterocycles. The highest BCUT2D eigenvalue weighted by atomic mass is 16.5. The van der Waals surface area contributed by atoms with Crippen molar-refractivity contribution in [3.63, 3.8) is 0 Å². The van der Waals surface area contributed by atoms with Crippen molar-refractivity contribution in [2.75, 3.05) is 33.8 Å². The van der Waals surface area contributed by atoms with E-state index in [1.807, 2.05) is 72.8 Å². The number of hydrogen-bond acceptors (Lipinski definition) is 7. The predicted octanol–water partition coefficient (Wildman–Crippen LogP) is 7.13. The second-order valence-corrected chi connectivity index (χ2v) is 10.2. The number of anilines is 1.